The Balaban J connectivity index is 0.908. The van der Waals surface area contributed by atoms with Gasteiger partial charge in [0.2, 0.25) is 0 Å². The molecule has 0 N–H and O–H groups in total. The van der Waals surface area contributed by atoms with Crippen LogP contribution in [0.15, 0.2) is 207 Å². The molecule has 5 aromatic heterocycles. The van der Waals surface area contributed by atoms with Crippen molar-refractivity contribution in [2.24, 2.45) is 0 Å². The lowest BCUT2D eigenvalue weighted by atomic mass is 9.98. The molecular weight excluding hydrogens is 721 g/mol. The van der Waals surface area contributed by atoms with Gasteiger partial charge in [-0.05, 0) is 69.8 Å². The number of rotatable bonds is 7. The van der Waals surface area contributed by atoms with Crippen molar-refractivity contribution in [2.75, 3.05) is 0 Å². The second-order valence-electron chi connectivity index (χ2n) is 14.6. The summed E-state index contributed by atoms with van der Waals surface area (Å²) in [4.78, 5) is 24.9. The highest BCUT2D eigenvalue weighted by Crippen LogP contribution is 2.35. The van der Waals surface area contributed by atoms with Crippen LogP contribution >= 0.6 is 0 Å². The maximum atomic E-state index is 5.18. The van der Waals surface area contributed by atoms with Crippen LogP contribution in [0.5, 0.6) is 0 Å². The van der Waals surface area contributed by atoms with Crippen molar-refractivity contribution in [3.63, 3.8) is 0 Å². The van der Waals surface area contributed by atoms with E-state index in [2.05, 4.69) is 155 Å². The molecule has 11 aromatic rings. The van der Waals surface area contributed by atoms with Crippen LogP contribution < -0.4 is 0 Å². The second-order valence-corrected chi connectivity index (χ2v) is 14.6. The zero-order valence-electron chi connectivity index (χ0n) is 31.8. The number of pyridine rings is 3. The van der Waals surface area contributed by atoms with Gasteiger partial charge in [-0.2, -0.15) is 0 Å². The minimum atomic E-state index is 0.649. The Morgan fingerprint density at radius 2 is 0.915 bits per heavy atom. The molecule has 0 radical (unpaired) electrons. The van der Waals surface area contributed by atoms with Gasteiger partial charge in [0, 0.05) is 39.9 Å². The number of hydrogen-bond acceptors (Lipinski definition) is 5. The quantitative estimate of drug-likeness (QED) is 0.162. The summed E-state index contributed by atoms with van der Waals surface area (Å²) < 4.78 is 2.06. The third kappa shape index (κ3) is 6.39. The van der Waals surface area contributed by atoms with Crippen molar-refractivity contribution in [2.45, 2.75) is 0 Å². The molecule has 0 saturated heterocycles. The van der Waals surface area contributed by atoms with E-state index in [9.17, 15) is 0 Å². The molecule has 0 spiro atoms. The molecule has 0 bridgehead atoms. The van der Waals surface area contributed by atoms with E-state index in [0.29, 0.717) is 5.82 Å². The van der Waals surface area contributed by atoms with Gasteiger partial charge < -0.3 is 0 Å². The summed E-state index contributed by atoms with van der Waals surface area (Å²) in [6.07, 6.45) is 3.82. The molecule has 0 fully saturated rings. The van der Waals surface area contributed by atoms with Gasteiger partial charge in [-0.3, -0.25) is 9.38 Å². The summed E-state index contributed by atoms with van der Waals surface area (Å²) in [6.45, 7) is 0. The lowest BCUT2D eigenvalue weighted by Gasteiger charge is -2.11. The van der Waals surface area contributed by atoms with Crippen LogP contribution in [0.2, 0.25) is 0 Å². The van der Waals surface area contributed by atoms with Gasteiger partial charge in [-0.25, -0.2) is 19.9 Å². The molecule has 11 rings (SSSR count). The monoisotopic (exact) mass is 754 g/mol. The SMILES string of the molecule is c1ccc(-c2cccc(-c3ccc(-c4nc(-c5ccc(-c6ccc(-c7nc8c(nc9ccccn98)c8ccccc78)cc6)cc5)cc(-c5ccccn5)n4)cc3)c2)cc1. The first-order chi connectivity index (χ1) is 29.2. The van der Waals surface area contributed by atoms with Crippen molar-refractivity contribution < 1.29 is 0 Å². The van der Waals surface area contributed by atoms with E-state index >= 15 is 0 Å². The van der Waals surface area contributed by atoms with Crippen LogP contribution in [0.25, 0.3) is 106 Å². The Kier molecular flexibility index (Phi) is 8.37. The fraction of sp³-hybridized carbons (Fsp3) is 0. The largest absolute Gasteiger partial charge is 0.284 e. The minimum absolute atomic E-state index is 0.649. The van der Waals surface area contributed by atoms with E-state index in [-0.39, 0.29) is 0 Å². The van der Waals surface area contributed by atoms with Crippen molar-refractivity contribution >= 4 is 27.6 Å². The van der Waals surface area contributed by atoms with Gasteiger partial charge in [0.15, 0.2) is 11.5 Å². The van der Waals surface area contributed by atoms with E-state index in [0.717, 1.165) is 89.3 Å². The van der Waals surface area contributed by atoms with E-state index in [1.807, 2.05) is 54.7 Å². The fourth-order valence-electron chi connectivity index (χ4n) is 7.90. The third-order valence-electron chi connectivity index (χ3n) is 10.9. The number of nitrogens with zero attached hydrogens (tertiary/aromatic N) is 6. The predicted molar refractivity (Wildman–Crippen MR) is 239 cm³/mol. The smallest absolute Gasteiger partial charge is 0.165 e. The standard InChI is InChI=1S/C53H34N6/c1-2-11-35(12-3-1)42-13-10-14-43(33-42)38-23-29-41(30-24-38)52-55-47(34-48(56-52)46-17-6-8-31-54-46)39-25-19-36(20-26-39)37-21-27-40(28-22-37)50-44-15-4-5-16-45(44)51-53(58-50)59-32-9-7-18-49(59)57-51/h1-34H. The summed E-state index contributed by atoms with van der Waals surface area (Å²) >= 11 is 0. The molecule has 0 atom stereocenters. The summed E-state index contributed by atoms with van der Waals surface area (Å²) in [5.41, 5.74) is 15.9. The van der Waals surface area contributed by atoms with Crippen LogP contribution in [-0.2, 0) is 0 Å². The predicted octanol–water partition coefficient (Wildman–Crippen LogP) is 12.9. The number of imidazole rings is 1. The zero-order valence-corrected chi connectivity index (χ0v) is 31.8. The molecule has 0 aliphatic heterocycles. The molecular formula is C53H34N6. The molecule has 6 heteroatoms. The van der Waals surface area contributed by atoms with Crippen molar-refractivity contribution in [1.29, 1.82) is 0 Å². The summed E-state index contributed by atoms with van der Waals surface area (Å²) in [7, 11) is 0. The fourth-order valence-corrected chi connectivity index (χ4v) is 7.90. The molecule has 0 aliphatic rings. The first kappa shape index (κ1) is 34.2. The maximum Gasteiger partial charge on any atom is 0.165 e. The average molecular weight is 755 g/mol. The topological polar surface area (TPSA) is 68.9 Å². The van der Waals surface area contributed by atoms with Gasteiger partial charge >= 0.3 is 0 Å². The van der Waals surface area contributed by atoms with Crippen LogP contribution in [0.1, 0.15) is 0 Å². The van der Waals surface area contributed by atoms with Gasteiger partial charge in [0.1, 0.15) is 11.2 Å². The van der Waals surface area contributed by atoms with E-state index in [4.69, 9.17) is 19.9 Å². The molecule has 6 aromatic carbocycles. The number of aromatic nitrogens is 6. The molecule has 276 valence electrons. The van der Waals surface area contributed by atoms with Gasteiger partial charge in [-0.1, -0.05) is 158 Å². The Morgan fingerprint density at radius 3 is 1.64 bits per heavy atom. The first-order valence-corrected chi connectivity index (χ1v) is 19.7. The lowest BCUT2D eigenvalue weighted by Crippen LogP contribution is -1.97. The van der Waals surface area contributed by atoms with Crippen LogP contribution in [-0.4, -0.2) is 29.3 Å². The van der Waals surface area contributed by atoms with Gasteiger partial charge in [0.25, 0.3) is 0 Å². The maximum absolute atomic E-state index is 5.18. The highest BCUT2D eigenvalue weighted by Gasteiger charge is 2.16. The summed E-state index contributed by atoms with van der Waals surface area (Å²) in [5.74, 6) is 0.649. The van der Waals surface area contributed by atoms with E-state index < -0.39 is 0 Å². The number of benzene rings is 6. The Morgan fingerprint density at radius 1 is 0.339 bits per heavy atom. The normalized spacial score (nSPS) is 11.4. The van der Waals surface area contributed by atoms with Crippen LogP contribution in [0, 0.1) is 0 Å². The molecule has 0 saturated carbocycles. The van der Waals surface area contributed by atoms with E-state index in [1.165, 1.54) is 11.1 Å². The number of hydrogen-bond donors (Lipinski definition) is 0. The van der Waals surface area contributed by atoms with E-state index in [1.54, 1.807) is 6.20 Å². The second kappa shape index (κ2) is 14.4. The molecule has 0 unspecified atom stereocenters. The molecule has 59 heavy (non-hydrogen) atoms. The molecule has 6 nitrogen and oxygen atoms in total. The van der Waals surface area contributed by atoms with Gasteiger partial charge in [0.05, 0.1) is 22.8 Å². The summed E-state index contributed by atoms with van der Waals surface area (Å²) in [6, 6.07) is 67.2. The highest BCUT2D eigenvalue weighted by atomic mass is 15.1. The average Bonchev–Trinajstić information content (AvgIpc) is 3.71. The summed E-state index contributed by atoms with van der Waals surface area (Å²) in [5, 5.41) is 2.18. The zero-order chi connectivity index (χ0) is 39.1. The van der Waals surface area contributed by atoms with Crippen molar-refractivity contribution in [3.8, 4) is 78.7 Å². The minimum Gasteiger partial charge on any atom is -0.284 e. The van der Waals surface area contributed by atoms with Crippen LogP contribution in [0.4, 0.5) is 0 Å². The van der Waals surface area contributed by atoms with Gasteiger partial charge in [-0.15, -0.1) is 0 Å². The Hall–Kier alpha value is -8.09. The van der Waals surface area contributed by atoms with Crippen molar-refractivity contribution in [3.05, 3.63) is 207 Å². The van der Waals surface area contributed by atoms with Crippen LogP contribution in [0.3, 0.4) is 0 Å². The Labute approximate surface area is 340 Å². The van der Waals surface area contributed by atoms with Crippen molar-refractivity contribution in [1.82, 2.24) is 29.3 Å². The molecule has 5 heterocycles. The third-order valence-corrected chi connectivity index (χ3v) is 10.9. The molecule has 0 amide bonds. The lowest BCUT2D eigenvalue weighted by molar-refractivity contribution is 1.16. The highest BCUT2D eigenvalue weighted by molar-refractivity contribution is 6.09. The Bertz CT molecular complexity index is 3290. The first-order valence-electron chi connectivity index (χ1n) is 19.7. The molecule has 0 aliphatic carbocycles. The number of fused-ring (bicyclic) bond motifs is 5.